The van der Waals surface area contributed by atoms with Gasteiger partial charge in [-0.3, -0.25) is 14.5 Å². The Balaban J connectivity index is 1.53. The van der Waals surface area contributed by atoms with E-state index in [9.17, 15) is 9.59 Å². The van der Waals surface area contributed by atoms with E-state index in [1.807, 2.05) is 32.0 Å². The number of piperidine rings is 1. The molecular weight excluding hydrogens is 386 g/mol. The van der Waals surface area contributed by atoms with Crippen molar-refractivity contribution in [1.29, 1.82) is 0 Å². The van der Waals surface area contributed by atoms with E-state index in [4.69, 9.17) is 0 Å². The third-order valence-corrected chi connectivity index (χ3v) is 6.41. The molecule has 1 aliphatic rings. The van der Waals surface area contributed by atoms with Gasteiger partial charge in [-0.15, -0.1) is 0 Å². The van der Waals surface area contributed by atoms with Crippen LogP contribution >= 0.6 is 0 Å². The summed E-state index contributed by atoms with van der Waals surface area (Å²) < 4.78 is 0. The minimum absolute atomic E-state index is 0.0637. The van der Waals surface area contributed by atoms with E-state index in [1.165, 1.54) is 11.1 Å². The number of nitrogens with one attached hydrogen (secondary N) is 2. The van der Waals surface area contributed by atoms with Crippen LogP contribution in [0.1, 0.15) is 54.6 Å². The number of amides is 2. The highest BCUT2D eigenvalue weighted by molar-refractivity contribution is 5.97. The van der Waals surface area contributed by atoms with Gasteiger partial charge in [0.2, 0.25) is 5.91 Å². The van der Waals surface area contributed by atoms with Gasteiger partial charge in [0.15, 0.2) is 0 Å². The monoisotopic (exact) mass is 421 g/mol. The second-order valence-electron chi connectivity index (χ2n) is 8.69. The van der Waals surface area contributed by atoms with E-state index in [2.05, 4.69) is 46.7 Å². The third kappa shape index (κ3) is 6.41. The highest BCUT2D eigenvalue weighted by atomic mass is 16.2. The van der Waals surface area contributed by atoms with Crippen LogP contribution in [-0.4, -0.2) is 41.9 Å². The van der Waals surface area contributed by atoms with Gasteiger partial charge in [-0.05, 0) is 48.9 Å². The average molecular weight is 422 g/mol. The molecule has 0 bridgehead atoms. The van der Waals surface area contributed by atoms with Gasteiger partial charge in [-0.25, -0.2) is 0 Å². The number of hydrogen-bond acceptors (Lipinski definition) is 3. The summed E-state index contributed by atoms with van der Waals surface area (Å²) in [5.74, 6) is -0.209. The molecule has 1 saturated heterocycles. The second-order valence-corrected chi connectivity index (χ2v) is 8.69. The average Bonchev–Trinajstić information content (AvgIpc) is 2.80. The first kappa shape index (κ1) is 23.0. The van der Waals surface area contributed by atoms with E-state index >= 15 is 0 Å². The lowest BCUT2D eigenvalue weighted by Crippen LogP contribution is -2.54. The fourth-order valence-corrected chi connectivity index (χ4v) is 4.07. The molecule has 2 unspecified atom stereocenters. The Morgan fingerprint density at radius 2 is 1.68 bits per heavy atom. The first-order valence-corrected chi connectivity index (χ1v) is 11.4. The van der Waals surface area contributed by atoms with Crippen molar-refractivity contribution in [2.75, 3.05) is 13.1 Å². The quantitative estimate of drug-likeness (QED) is 0.679. The molecule has 2 aromatic rings. The van der Waals surface area contributed by atoms with Crippen molar-refractivity contribution < 1.29 is 9.59 Å². The highest BCUT2D eigenvalue weighted by Gasteiger charge is 2.29. The molecule has 0 spiro atoms. The van der Waals surface area contributed by atoms with Gasteiger partial charge in [0.05, 0.1) is 0 Å². The Morgan fingerprint density at radius 1 is 1.03 bits per heavy atom. The van der Waals surface area contributed by atoms with Gasteiger partial charge >= 0.3 is 0 Å². The summed E-state index contributed by atoms with van der Waals surface area (Å²) in [5, 5.41) is 6.17. The lowest BCUT2D eigenvalue weighted by Gasteiger charge is -2.34. The summed E-state index contributed by atoms with van der Waals surface area (Å²) in [6.45, 7) is 9.09. The number of likely N-dealkylation sites (tertiary alicyclic amines) is 1. The van der Waals surface area contributed by atoms with Gasteiger partial charge in [-0.2, -0.15) is 0 Å². The van der Waals surface area contributed by atoms with E-state index < -0.39 is 6.04 Å². The summed E-state index contributed by atoms with van der Waals surface area (Å²) in [6.07, 6.45) is 2.68. The molecule has 1 fully saturated rings. The van der Waals surface area contributed by atoms with Crippen molar-refractivity contribution in [2.24, 2.45) is 5.92 Å². The van der Waals surface area contributed by atoms with Crippen LogP contribution in [0.2, 0.25) is 0 Å². The van der Waals surface area contributed by atoms with Gasteiger partial charge in [-0.1, -0.05) is 62.7 Å². The summed E-state index contributed by atoms with van der Waals surface area (Å²) >= 11 is 0. The van der Waals surface area contributed by atoms with Gasteiger partial charge < -0.3 is 10.6 Å². The molecule has 2 aromatic carbocycles. The predicted octanol–water partition coefficient (Wildman–Crippen LogP) is 3.92. The number of benzene rings is 2. The van der Waals surface area contributed by atoms with Crippen LogP contribution in [0.25, 0.3) is 0 Å². The SMILES string of the molecule is CCC(C)C(NC(=O)c1ccccc1)C(=O)NC1CCN(Cc2ccccc2C)CC1. The highest BCUT2D eigenvalue weighted by Crippen LogP contribution is 2.17. The van der Waals surface area contributed by atoms with Crippen molar-refractivity contribution in [3.05, 3.63) is 71.3 Å². The molecule has 0 radical (unpaired) electrons. The summed E-state index contributed by atoms with van der Waals surface area (Å²) in [6, 6.07) is 17.2. The minimum atomic E-state index is -0.525. The first-order chi connectivity index (χ1) is 15.0. The van der Waals surface area contributed by atoms with E-state index in [0.29, 0.717) is 5.56 Å². The molecule has 5 heteroatoms. The van der Waals surface area contributed by atoms with Gasteiger partial charge in [0.25, 0.3) is 5.91 Å². The van der Waals surface area contributed by atoms with E-state index in [1.54, 1.807) is 12.1 Å². The maximum absolute atomic E-state index is 13.1. The summed E-state index contributed by atoms with van der Waals surface area (Å²) in [7, 11) is 0. The number of hydrogen-bond donors (Lipinski definition) is 2. The van der Waals surface area contributed by atoms with Crippen LogP contribution in [0.15, 0.2) is 54.6 Å². The van der Waals surface area contributed by atoms with Crippen molar-refractivity contribution >= 4 is 11.8 Å². The normalized spacial score (nSPS) is 17.0. The molecule has 0 aromatic heterocycles. The Hall–Kier alpha value is -2.66. The number of rotatable bonds is 8. The Kier molecular flexibility index (Phi) is 8.24. The summed E-state index contributed by atoms with van der Waals surface area (Å²) in [4.78, 5) is 28.1. The molecule has 0 saturated carbocycles. The van der Waals surface area contributed by atoms with Crippen molar-refractivity contribution in [3.63, 3.8) is 0 Å². The zero-order chi connectivity index (χ0) is 22.2. The maximum Gasteiger partial charge on any atom is 0.251 e. The van der Waals surface area contributed by atoms with E-state index in [-0.39, 0.29) is 23.8 Å². The molecule has 0 aliphatic carbocycles. The van der Waals surface area contributed by atoms with Gasteiger partial charge in [0, 0.05) is 31.2 Å². The standard InChI is InChI=1S/C26H35N3O2/c1-4-19(2)24(28-25(30)21-11-6-5-7-12-21)26(31)27-23-14-16-29(17-15-23)18-22-13-9-8-10-20(22)3/h5-13,19,23-24H,4,14-18H2,1-3H3,(H,27,31)(H,28,30). The lowest BCUT2D eigenvalue weighted by atomic mass is 9.96. The number of carbonyl (C=O) groups is 2. The third-order valence-electron chi connectivity index (χ3n) is 6.41. The smallest absolute Gasteiger partial charge is 0.251 e. The number of aryl methyl sites for hydroxylation is 1. The van der Waals surface area contributed by atoms with Crippen molar-refractivity contribution in [2.45, 2.75) is 58.7 Å². The number of carbonyl (C=O) groups excluding carboxylic acids is 2. The Morgan fingerprint density at radius 3 is 2.32 bits per heavy atom. The molecule has 1 heterocycles. The minimum Gasteiger partial charge on any atom is -0.351 e. The van der Waals surface area contributed by atoms with Crippen LogP contribution in [0.4, 0.5) is 0 Å². The predicted molar refractivity (Wildman–Crippen MR) is 125 cm³/mol. The molecule has 166 valence electrons. The first-order valence-electron chi connectivity index (χ1n) is 11.4. The second kappa shape index (κ2) is 11.1. The van der Waals surface area contributed by atoms with E-state index in [0.717, 1.165) is 38.9 Å². The van der Waals surface area contributed by atoms with Crippen molar-refractivity contribution in [1.82, 2.24) is 15.5 Å². The number of nitrogens with zero attached hydrogens (tertiary/aromatic N) is 1. The molecule has 5 nitrogen and oxygen atoms in total. The molecule has 1 aliphatic heterocycles. The lowest BCUT2D eigenvalue weighted by molar-refractivity contribution is -0.125. The molecule has 2 N–H and O–H groups in total. The van der Waals surface area contributed by atoms with Gasteiger partial charge in [0.1, 0.15) is 6.04 Å². The molecule has 2 atom stereocenters. The fourth-order valence-electron chi connectivity index (χ4n) is 4.07. The molecule has 2 amide bonds. The maximum atomic E-state index is 13.1. The zero-order valence-electron chi connectivity index (χ0n) is 18.9. The molecular formula is C26H35N3O2. The van der Waals surface area contributed by atoms with Crippen LogP contribution in [0.3, 0.4) is 0 Å². The van der Waals surface area contributed by atoms with Crippen LogP contribution < -0.4 is 10.6 Å². The Labute approximate surface area is 186 Å². The summed E-state index contributed by atoms with van der Waals surface area (Å²) in [5.41, 5.74) is 3.27. The fraction of sp³-hybridized carbons (Fsp3) is 0.462. The van der Waals surface area contributed by atoms with Crippen molar-refractivity contribution in [3.8, 4) is 0 Å². The van der Waals surface area contributed by atoms with Crippen LogP contribution in [0.5, 0.6) is 0 Å². The molecule has 31 heavy (non-hydrogen) atoms. The Bertz CT molecular complexity index is 860. The van der Waals surface area contributed by atoms with Crippen LogP contribution in [0, 0.1) is 12.8 Å². The molecule has 3 rings (SSSR count). The van der Waals surface area contributed by atoms with Crippen LogP contribution in [-0.2, 0) is 11.3 Å². The largest absolute Gasteiger partial charge is 0.351 e. The zero-order valence-corrected chi connectivity index (χ0v) is 18.9. The topological polar surface area (TPSA) is 61.4 Å².